The molecule has 0 aliphatic carbocycles. The first-order valence-corrected chi connectivity index (χ1v) is 15.2. The van der Waals surface area contributed by atoms with Gasteiger partial charge in [0.2, 0.25) is 17.1 Å². The van der Waals surface area contributed by atoms with Gasteiger partial charge in [0.25, 0.3) is 0 Å². The summed E-state index contributed by atoms with van der Waals surface area (Å²) in [4.78, 5) is 13.3. The number of hydrogen-bond acceptors (Lipinski definition) is 3. The number of ether oxygens (including phenoxy) is 1. The van der Waals surface area contributed by atoms with E-state index in [-0.39, 0.29) is 12.1 Å². The summed E-state index contributed by atoms with van der Waals surface area (Å²) in [5.74, 6) is -0.372. The lowest BCUT2D eigenvalue weighted by Crippen LogP contribution is -2.60. The molecule has 0 saturated carbocycles. The second-order valence-electron chi connectivity index (χ2n) is 12.8. The number of piperidine rings is 1. The summed E-state index contributed by atoms with van der Waals surface area (Å²) in [7, 11) is 0. The Morgan fingerprint density at radius 1 is 0.636 bits per heavy atom. The van der Waals surface area contributed by atoms with Crippen molar-refractivity contribution in [3.8, 4) is 39.3 Å². The van der Waals surface area contributed by atoms with Crippen molar-refractivity contribution in [2.24, 2.45) is 0 Å². The Labute approximate surface area is 260 Å². The van der Waals surface area contributed by atoms with Gasteiger partial charge >= 0.3 is 5.97 Å². The van der Waals surface area contributed by atoms with Crippen LogP contribution in [0.2, 0.25) is 0 Å². The van der Waals surface area contributed by atoms with Gasteiger partial charge in [-0.1, -0.05) is 66.7 Å². The van der Waals surface area contributed by atoms with Crippen molar-refractivity contribution in [3.63, 3.8) is 0 Å². The highest BCUT2D eigenvalue weighted by Gasteiger charge is 2.47. The fourth-order valence-electron chi connectivity index (χ4n) is 6.53. The molecule has 1 radical (unpaired) electrons. The monoisotopic (exact) mass is 582 g/mol. The molecule has 4 aromatic carbocycles. The minimum atomic E-state index is -0.610. The van der Waals surface area contributed by atoms with Gasteiger partial charge in [0.05, 0.1) is 5.56 Å². The molecule has 2 heterocycles. The maximum Gasteiger partial charge on any atom is 0.338 e. The normalized spacial score (nSPS) is 16.4. The second-order valence-corrected chi connectivity index (χ2v) is 12.8. The van der Waals surface area contributed by atoms with Crippen molar-refractivity contribution < 1.29 is 19.3 Å². The van der Waals surface area contributed by atoms with E-state index in [9.17, 15) is 10.0 Å². The SMILES string of the molecule is CC1(C)CC(OC(=O)c2ccc(-[n+]3c(-c4ccccc4)cc(-c4ccccc4)cc3-c3ccccc3)cc2)CC(C)(C)N1[O]. The summed E-state index contributed by atoms with van der Waals surface area (Å²) in [6.45, 7) is 7.63. The van der Waals surface area contributed by atoms with Crippen LogP contribution in [0.25, 0.3) is 39.3 Å². The summed E-state index contributed by atoms with van der Waals surface area (Å²) in [5.41, 5.74) is 6.70. The number of rotatable bonds is 6. The molecule has 1 aliphatic heterocycles. The van der Waals surface area contributed by atoms with Gasteiger partial charge in [0.1, 0.15) is 6.10 Å². The second kappa shape index (κ2) is 11.8. The minimum Gasteiger partial charge on any atom is -0.459 e. The summed E-state index contributed by atoms with van der Waals surface area (Å²) < 4.78 is 8.23. The molecule has 0 atom stereocenters. The number of carbonyl (C=O) groups is 1. The standard InChI is InChI=1S/C39H38N2O3/c1-38(2)26-34(27-39(3,4)41(38)43)44-37(42)31-20-22-33(23-21-31)40-35(29-16-10-6-11-17-29)24-32(28-14-8-5-9-15-28)25-36(40)30-18-12-7-13-19-30/h5-25,34H,26-27H2,1-4H3/q+1. The molecule has 0 bridgehead atoms. The van der Waals surface area contributed by atoms with Crippen molar-refractivity contribution in [2.45, 2.75) is 57.7 Å². The van der Waals surface area contributed by atoms with E-state index < -0.39 is 11.1 Å². The highest BCUT2D eigenvalue weighted by Crippen LogP contribution is 2.38. The van der Waals surface area contributed by atoms with Gasteiger partial charge in [-0.15, -0.1) is 10.3 Å². The molecule has 1 saturated heterocycles. The molecular formula is C39H38N2O3+. The smallest absolute Gasteiger partial charge is 0.338 e. The van der Waals surface area contributed by atoms with E-state index in [1.165, 1.54) is 0 Å². The molecular weight excluding hydrogens is 544 g/mol. The molecule has 0 unspecified atom stereocenters. The Hall–Kier alpha value is -4.58. The molecule has 1 aliphatic rings. The number of carbonyl (C=O) groups excluding carboxylic acids is 1. The zero-order chi connectivity index (χ0) is 30.9. The van der Waals surface area contributed by atoms with E-state index >= 15 is 0 Å². The zero-order valence-corrected chi connectivity index (χ0v) is 25.7. The van der Waals surface area contributed by atoms with Crippen molar-refractivity contribution in [1.82, 2.24) is 5.06 Å². The molecule has 5 nitrogen and oxygen atoms in total. The number of esters is 1. The first kappa shape index (κ1) is 29.5. The summed E-state index contributed by atoms with van der Waals surface area (Å²) in [6.07, 6.45) is 0.661. The van der Waals surface area contributed by atoms with Crippen LogP contribution >= 0.6 is 0 Å². The van der Waals surface area contributed by atoms with Crippen molar-refractivity contribution in [3.05, 3.63) is 133 Å². The maximum atomic E-state index is 13.3. The largest absolute Gasteiger partial charge is 0.459 e. The number of pyridine rings is 1. The Balaban J connectivity index is 1.41. The highest BCUT2D eigenvalue weighted by molar-refractivity contribution is 5.89. The van der Waals surface area contributed by atoms with Gasteiger partial charge in [-0.05, 0) is 75.2 Å². The Bertz CT molecular complexity index is 1670. The molecule has 0 amide bonds. The minimum absolute atomic E-state index is 0.327. The molecule has 1 aromatic heterocycles. The topological polar surface area (TPSA) is 53.3 Å². The lowest BCUT2D eigenvalue weighted by atomic mass is 9.80. The van der Waals surface area contributed by atoms with Gasteiger partial charge in [-0.3, -0.25) is 0 Å². The first-order valence-electron chi connectivity index (χ1n) is 15.2. The maximum absolute atomic E-state index is 13.3. The Kier molecular flexibility index (Phi) is 7.93. The fourth-order valence-corrected chi connectivity index (χ4v) is 6.53. The Morgan fingerprint density at radius 3 is 1.52 bits per heavy atom. The van der Waals surface area contributed by atoms with Crippen LogP contribution in [0.15, 0.2) is 127 Å². The Morgan fingerprint density at radius 2 is 1.07 bits per heavy atom. The quantitative estimate of drug-likeness (QED) is 0.149. The third-order valence-electron chi connectivity index (χ3n) is 8.50. The van der Waals surface area contributed by atoms with Gasteiger partial charge < -0.3 is 4.74 Å². The molecule has 1 fully saturated rings. The van der Waals surface area contributed by atoms with Crippen LogP contribution in [-0.4, -0.2) is 28.2 Å². The first-order chi connectivity index (χ1) is 21.1. The third kappa shape index (κ3) is 5.94. The zero-order valence-electron chi connectivity index (χ0n) is 25.7. The van der Waals surface area contributed by atoms with E-state index in [1.54, 1.807) is 0 Å². The van der Waals surface area contributed by atoms with Crippen LogP contribution < -0.4 is 4.57 Å². The van der Waals surface area contributed by atoms with Gasteiger partial charge in [0, 0.05) is 59.3 Å². The predicted octanol–water partition coefficient (Wildman–Crippen LogP) is 8.49. The van der Waals surface area contributed by atoms with Crippen molar-refractivity contribution >= 4 is 5.97 Å². The van der Waals surface area contributed by atoms with Crippen molar-refractivity contribution in [1.29, 1.82) is 0 Å². The highest BCUT2D eigenvalue weighted by atomic mass is 16.5. The van der Waals surface area contributed by atoms with E-state index in [4.69, 9.17) is 4.74 Å². The number of hydrogen-bond donors (Lipinski definition) is 0. The van der Waals surface area contributed by atoms with Crippen LogP contribution in [0.3, 0.4) is 0 Å². The van der Waals surface area contributed by atoms with Crippen LogP contribution in [0.5, 0.6) is 0 Å². The number of nitrogens with zero attached hydrogens (tertiary/aromatic N) is 2. The fraction of sp³-hybridized carbons (Fsp3) is 0.231. The van der Waals surface area contributed by atoms with Gasteiger partial charge in [0.15, 0.2) is 0 Å². The average molecular weight is 583 g/mol. The average Bonchev–Trinajstić information content (AvgIpc) is 3.04. The molecule has 221 valence electrons. The van der Waals surface area contributed by atoms with E-state index in [0.29, 0.717) is 18.4 Å². The number of aromatic nitrogens is 1. The summed E-state index contributed by atoms with van der Waals surface area (Å²) >= 11 is 0. The lowest BCUT2D eigenvalue weighted by Gasteiger charge is -2.49. The molecule has 5 heteroatoms. The van der Waals surface area contributed by atoms with Crippen LogP contribution in [0.1, 0.15) is 50.9 Å². The molecule has 0 N–H and O–H groups in total. The molecule has 5 aromatic rings. The number of benzene rings is 4. The van der Waals surface area contributed by atoms with E-state index in [0.717, 1.165) is 44.4 Å². The number of hydroxylamine groups is 2. The van der Waals surface area contributed by atoms with Gasteiger partial charge in [-0.2, -0.15) is 4.57 Å². The molecule has 0 spiro atoms. The molecule has 44 heavy (non-hydrogen) atoms. The van der Waals surface area contributed by atoms with Gasteiger partial charge in [-0.25, -0.2) is 4.79 Å². The predicted molar refractivity (Wildman–Crippen MR) is 173 cm³/mol. The van der Waals surface area contributed by atoms with Crippen LogP contribution in [-0.2, 0) is 9.94 Å². The van der Waals surface area contributed by atoms with Crippen LogP contribution in [0, 0.1) is 0 Å². The third-order valence-corrected chi connectivity index (χ3v) is 8.50. The van der Waals surface area contributed by atoms with E-state index in [1.807, 2.05) is 70.2 Å². The van der Waals surface area contributed by atoms with Crippen LogP contribution in [0.4, 0.5) is 0 Å². The summed E-state index contributed by atoms with van der Waals surface area (Å²) in [5, 5.41) is 13.9. The van der Waals surface area contributed by atoms with E-state index in [2.05, 4.69) is 89.5 Å². The summed E-state index contributed by atoms with van der Waals surface area (Å²) in [6, 6.07) is 43.2. The molecule has 6 rings (SSSR count). The lowest BCUT2D eigenvalue weighted by molar-refractivity contribution is -0.572. The van der Waals surface area contributed by atoms with Crippen molar-refractivity contribution in [2.75, 3.05) is 0 Å².